The van der Waals surface area contributed by atoms with E-state index in [9.17, 15) is 0 Å². The first-order valence-corrected chi connectivity index (χ1v) is 8.29. The molecule has 1 unspecified atom stereocenters. The van der Waals surface area contributed by atoms with Crippen LogP contribution < -0.4 is 10.6 Å². The average Bonchev–Trinajstić information content (AvgIpc) is 2.93. The van der Waals surface area contributed by atoms with Crippen molar-refractivity contribution in [3.8, 4) is 0 Å². The van der Waals surface area contributed by atoms with Gasteiger partial charge in [-0.15, -0.1) is 11.3 Å². The highest BCUT2D eigenvalue weighted by molar-refractivity contribution is 7.15. The van der Waals surface area contributed by atoms with Crippen LogP contribution in [0.2, 0.25) is 0 Å². The highest BCUT2D eigenvalue weighted by atomic mass is 32.1. The van der Waals surface area contributed by atoms with Crippen molar-refractivity contribution < 1.29 is 0 Å². The molecule has 6 heteroatoms. The van der Waals surface area contributed by atoms with E-state index in [1.54, 1.807) is 11.3 Å². The second-order valence-corrected chi connectivity index (χ2v) is 6.59. The van der Waals surface area contributed by atoms with E-state index in [-0.39, 0.29) is 0 Å². The largest absolute Gasteiger partial charge is 0.394 e. The Morgan fingerprint density at radius 1 is 1.57 bits per heavy atom. The lowest BCUT2D eigenvalue weighted by Crippen LogP contribution is -2.35. The van der Waals surface area contributed by atoms with Crippen LogP contribution >= 0.6 is 11.3 Å². The van der Waals surface area contributed by atoms with E-state index in [0.29, 0.717) is 11.6 Å². The van der Waals surface area contributed by atoms with Crippen LogP contribution in [0.25, 0.3) is 0 Å². The Balaban J connectivity index is 1.82. The smallest absolute Gasteiger partial charge is 0.182 e. The number of nitrogens with zero attached hydrogens (tertiary/aromatic N) is 2. The first kappa shape index (κ1) is 16.0. The summed E-state index contributed by atoms with van der Waals surface area (Å²) in [5.74, 6) is 0.601. The van der Waals surface area contributed by atoms with Crippen LogP contribution in [-0.4, -0.2) is 42.8 Å². The van der Waals surface area contributed by atoms with Gasteiger partial charge in [0.2, 0.25) is 0 Å². The van der Waals surface area contributed by atoms with Crippen molar-refractivity contribution in [1.82, 2.24) is 15.2 Å². The zero-order valence-corrected chi connectivity index (χ0v) is 13.7. The predicted molar refractivity (Wildman–Crippen MR) is 90.2 cm³/mol. The second-order valence-electron chi connectivity index (χ2n) is 5.48. The van der Waals surface area contributed by atoms with Gasteiger partial charge >= 0.3 is 0 Å². The van der Waals surface area contributed by atoms with E-state index in [1.807, 2.05) is 32.6 Å². The van der Waals surface area contributed by atoms with Gasteiger partial charge in [0, 0.05) is 44.0 Å². The molecule has 0 saturated carbocycles. The molecule has 0 aromatic carbocycles. The first-order chi connectivity index (χ1) is 10.2. The lowest BCUT2D eigenvalue weighted by atomic mass is 9.92. The molecule has 0 spiro atoms. The molecule has 1 aromatic rings. The number of hydrogen-bond acceptors (Lipinski definition) is 6. The third-order valence-corrected chi connectivity index (χ3v) is 4.71. The van der Waals surface area contributed by atoms with Crippen molar-refractivity contribution in [3.63, 3.8) is 0 Å². The summed E-state index contributed by atoms with van der Waals surface area (Å²) in [7, 11) is 3.77. The third kappa shape index (κ3) is 5.13. The molecule has 1 atom stereocenters. The van der Waals surface area contributed by atoms with Crippen molar-refractivity contribution in [2.75, 3.05) is 32.5 Å². The zero-order chi connectivity index (χ0) is 15.1. The molecular formula is C15H25N5S. The van der Waals surface area contributed by atoms with Crippen molar-refractivity contribution >= 4 is 22.2 Å². The summed E-state index contributed by atoms with van der Waals surface area (Å²) in [6.07, 6.45) is 9.00. The fourth-order valence-electron chi connectivity index (χ4n) is 2.74. The molecule has 2 heterocycles. The van der Waals surface area contributed by atoms with Crippen molar-refractivity contribution in [2.24, 2.45) is 5.92 Å². The maximum Gasteiger partial charge on any atom is 0.182 e. The summed E-state index contributed by atoms with van der Waals surface area (Å²) in [6, 6.07) is 0. The molecule has 1 aliphatic heterocycles. The number of piperidine rings is 1. The predicted octanol–water partition coefficient (Wildman–Crippen LogP) is 2.54. The lowest BCUT2D eigenvalue weighted by Gasteiger charge is -2.32. The SMILES string of the molecule is CN/C=C\C(=N)CC1CCCN(Cc2cnc(NC)s2)C1. The quantitative estimate of drug-likeness (QED) is 0.677. The van der Waals surface area contributed by atoms with E-state index in [1.165, 1.54) is 17.7 Å². The summed E-state index contributed by atoms with van der Waals surface area (Å²) >= 11 is 1.73. The Bertz CT molecular complexity index is 482. The normalized spacial score (nSPS) is 19.8. The summed E-state index contributed by atoms with van der Waals surface area (Å²) in [5, 5.41) is 15.0. The monoisotopic (exact) mass is 307 g/mol. The molecule has 0 aliphatic carbocycles. The van der Waals surface area contributed by atoms with Gasteiger partial charge in [0.1, 0.15) is 0 Å². The van der Waals surface area contributed by atoms with Crippen LogP contribution in [0.1, 0.15) is 24.1 Å². The zero-order valence-electron chi connectivity index (χ0n) is 12.9. The average molecular weight is 307 g/mol. The number of anilines is 1. The van der Waals surface area contributed by atoms with Crippen LogP contribution in [0.4, 0.5) is 5.13 Å². The minimum absolute atomic E-state index is 0.601. The Morgan fingerprint density at radius 2 is 2.43 bits per heavy atom. The lowest BCUT2D eigenvalue weighted by molar-refractivity contribution is 0.172. The number of hydrogen-bond donors (Lipinski definition) is 3. The van der Waals surface area contributed by atoms with Crippen LogP contribution in [0, 0.1) is 11.3 Å². The molecule has 5 nitrogen and oxygen atoms in total. The van der Waals surface area contributed by atoms with Crippen molar-refractivity contribution in [2.45, 2.75) is 25.8 Å². The molecule has 0 radical (unpaired) electrons. The molecule has 116 valence electrons. The van der Waals surface area contributed by atoms with Gasteiger partial charge in [0.05, 0.1) is 0 Å². The van der Waals surface area contributed by atoms with Gasteiger partial charge in [0.15, 0.2) is 5.13 Å². The Kier molecular flexibility index (Phi) is 6.20. The number of aromatic nitrogens is 1. The first-order valence-electron chi connectivity index (χ1n) is 7.47. The Morgan fingerprint density at radius 3 is 3.14 bits per heavy atom. The van der Waals surface area contributed by atoms with E-state index in [0.717, 1.165) is 31.2 Å². The van der Waals surface area contributed by atoms with E-state index in [2.05, 4.69) is 20.5 Å². The molecule has 3 N–H and O–H groups in total. The Labute approximate surface area is 131 Å². The molecule has 0 amide bonds. The third-order valence-electron chi connectivity index (χ3n) is 3.71. The van der Waals surface area contributed by atoms with Gasteiger partial charge in [-0.2, -0.15) is 0 Å². The summed E-state index contributed by atoms with van der Waals surface area (Å²) < 4.78 is 0. The maximum absolute atomic E-state index is 7.98. The highest BCUT2D eigenvalue weighted by Gasteiger charge is 2.21. The van der Waals surface area contributed by atoms with E-state index in [4.69, 9.17) is 5.41 Å². The number of thiazole rings is 1. The van der Waals surface area contributed by atoms with Crippen LogP contribution in [0.15, 0.2) is 18.5 Å². The number of rotatable bonds is 7. The fourth-order valence-corrected chi connectivity index (χ4v) is 3.55. The summed E-state index contributed by atoms with van der Waals surface area (Å²) in [6.45, 7) is 3.22. The Hall–Kier alpha value is -1.40. The summed E-state index contributed by atoms with van der Waals surface area (Å²) in [5.41, 5.74) is 0.714. The molecular weight excluding hydrogens is 282 g/mol. The van der Waals surface area contributed by atoms with Crippen LogP contribution in [0.3, 0.4) is 0 Å². The van der Waals surface area contributed by atoms with Crippen LogP contribution in [-0.2, 0) is 6.54 Å². The van der Waals surface area contributed by atoms with Gasteiger partial charge < -0.3 is 16.0 Å². The number of allylic oxidation sites excluding steroid dienone is 1. The standard InChI is InChI=1S/C15H25N5S/c1-17-6-5-13(16)8-12-4-3-7-20(10-12)11-14-9-19-15(18-2)21-14/h5-6,9,12,16-17H,3-4,7-8,10-11H2,1-2H3,(H,18,19)/b6-5-,16-13?. The number of likely N-dealkylation sites (tertiary alicyclic amines) is 1. The fraction of sp³-hybridized carbons (Fsp3) is 0.600. The van der Waals surface area contributed by atoms with Gasteiger partial charge in [0.25, 0.3) is 0 Å². The van der Waals surface area contributed by atoms with Gasteiger partial charge in [-0.1, -0.05) is 0 Å². The topological polar surface area (TPSA) is 64.0 Å². The van der Waals surface area contributed by atoms with E-state index >= 15 is 0 Å². The summed E-state index contributed by atoms with van der Waals surface area (Å²) in [4.78, 5) is 8.14. The van der Waals surface area contributed by atoms with E-state index < -0.39 is 0 Å². The maximum atomic E-state index is 7.98. The van der Waals surface area contributed by atoms with Crippen molar-refractivity contribution in [3.05, 3.63) is 23.3 Å². The van der Waals surface area contributed by atoms with Crippen LogP contribution in [0.5, 0.6) is 0 Å². The highest BCUT2D eigenvalue weighted by Crippen LogP contribution is 2.24. The van der Waals surface area contributed by atoms with Gasteiger partial charge in [-0.3, -0.25) is 4.90 Å². The molecule has 1 aromatic heterocycles. The molecule has 1 fully saturated rings. The van der Waals surface area contributed by atoms with Gasteiger partial charge in [-0.25, -0.2) is 4.98 Å². The minimum Gasteiger partial charge on any atom is -0.394 e. The number of nitrogens with one attached hydrogen (secondary N) is 3. The van der Waals surface area contributed by atoms with Crippen molar-refractivity contribution in [1.29, 1.82) is 5.41 Å². The minimum atomic E-state index is 0.601. The molecule has 2 rings (SSSR count). The molecule has 1 saturated heterocycles. The van der Waals surface area contributed by atoms with Gasteiger partial charge in [-0.05, 0) is 44.0 Å². The molecule has 1 aliphatic rings. The molecule has 0 bridgehead atoms. The molecule has 21 heavy (non-hydrogen) atoms. The second kappa shape index (κ2) is 8.14.